The van der Waals surface area contributed by atoms with E-state index in [0.29, 0.717) is 6.54 Å². The highest BCUT2D eigenvalue weighted by molar-refractivity contribution is 6.12. The summed E-state index contributed by atoms with van der Waals surface area (Å²) in [6.45, 7) is 2.27. The Morgan fingerprint density at radius 2 is 1.93 bits per heavy atom. The second kappa shape index (κ2) is 4.59. The van der Waals surface area contributed by atoms with Gasteiger partial charge in [-0.2, -0.15) is 0 Å². The summed E-state index contributed by atoms with van der Waals surface area (Å²) < 4.78 is 0. The molecule has 6 heteroatoms. The first-order valence-electron chi connectivity index (χ1n) is 4.57. The van der Waals surface area contributed by atoms with Gasteiger partial charge >= 0.3 is 6.09 Å². The normalized spacial score (nSPS) is 14.9. The van der Waals surface area contributed by atoms with Crippen molar-refractivity contribution in [1.82, 2.24) is 9.80 Å². The van der Waals surface area contributed by atoms with E-state index in [1.165, 1.54) is 12.2 Å². The van der Waals surface area contributed by atoms with E-state index in [1.807, 2.05) is 0 Å². The van der Waals surface area contributed by atoms with Crippen molar-refractivity contribution < 1.29 is 19.5 Å². The van der Waals surface area contributed by atoms with Gasteiger partial charge in [-0.3, -0.25) is 14.5 Å². The fourth-order valence-electron chi connectivity index (χ4n) is 1.26. The molecule has 0 spiro atoms. The largest absolute Gasteiger partial charge is 0.465 e. The van der Waals surface area contributed by atoms with Crippen LogP contribution in [0, 0.1) is 0 Å². The molecule has 1 N–H and O–H groups in total. The van der Waals surface area contributed by atoms with Crippen LogP contribution in [-0.4, -0.2) is 52.4 Å². The van der Waals surface area contributed by atoms with Gasteiger partial charge in [-0.1, -0.05) is 0 Å². The first-order valence-corrected chi connectivity index (χ1v) is 4.57. The summed E-state index contributed by atoms with van der Waals surface area (Å²) in [5, 5.41) is 8.70. The highest BCUT2D eigenvalue weighted by Gasteiger charge is 2.23. The molecule has 1 rings (SSSR count). The van der Waals surface area contributed by atoms with Crippen molar-refractivity contribution in [3.8, 4) is 0 Å². The maximum atomic E-state index is 11.1. The Balaban J connectivity index is 2.46. The van der Waals surface area contributed by atoms with Gasteiger partial charge in [0.05, 0.1) is 0 Å². The van der Waals surface area contributed by atoms with Crippen LogP contribution in [0.5, 0.6) is 0 Å². The first-order chi connectivity index (χ1) is 7.06. The number of carbonyl (C=O) groups excluding carboxylic acids is 2. The fourth-order valence-corrected chi connectivity index (χ4v) is 1.26. The van der Waals surface area contributed by atoms with Crippen LogP contribution in [0.4, 0.5) is 4.79 Å². The Kier molecular flexibility index (Phi) is 3.43. The van der Waals surface area contributed by atoms with Gasteiger partial charge < -0.3 is 10.0 Å². The number of rotatable bonds is 4. The van der Waals surface area contributed by atoms with Gasteiger partial charge in [-0.25, -0.2) is 4.79 Å². The predicted octanol–water partition coefficient (Wildman–Crippen LogP) is -0.0887. The summed E-state index contributed by atoms with van der Waals surface area (Å²) in [5.41, 5.74) is 0. The summed E-state index contributed by atoms with van der Waals surface area (Å²) in [4.78, 5) is 35.0. The molecule has 0 saturated carbocycles. The predicted molar refractivity (Wildman–Crippen MR) is 51.1 cm³/mol. The second-order valence-electron chi connectivity index (χ2n) is 3.02. The Labute approximate surface area is 86.8 Å². The fraction of sp³-hybridized carbons (Fsp3) is 0.444. The van der Waals surface area contributed by atoms with Crippen molar-refractivity contribution >= 4 is 17.9 Å². The van der Waals surface area contributed by atoms with Crippen LogP contribution in [-0.2, 0) is 9.59 Å². The van der Waals surface area contributed by atoms with E-state index in [1.54, 1.807) is 6.92 Å². The quantitative estimate of drug-likeness (QED) is 0.661. The van der Waals surface area contributed by atoms with Gasteiger partial charge in [0.25, 0.3) is 11.8 Å². The molecule has 0 atom stereocenters. The average molecular weight is 212 g/mol. The lowest BCUT2D eigenvalue weighted by atomic mass is 10.4. The van der Waals surface area contributed by atoms with Crippen LogP contribution in [0.25, 0.3) is 0 Å². The molecule has 3 amide bonds. The second-order valence-corrected chi connectivity index (χ2v) is 3.02. The van der Waals surface area contributed by atoms with Crippen molar-refractivity contribution in [2.45, 2.75) is 6.92 Å². The first kappa shape index (κ1) is 11.2. The molecular weight excluding hydrogens is 200 g/mol. The molecule has 1 heterocycles. The van der Waals surface area contributed by atoms with Gasteiger partial charge in [-0.05, 0) is 6.92 Å². The van der Waals surface area contributed by atoms with Crippen molar-refractivity contribution in [3.05, 3.63) is 12.2 Å². The zero-order chi connectivity index (χ0) is 11.4. The maximum absolute atomic E-state index is 11.1. The molecule has 0 aromatic rings. The van der Waals surface area contributed by atoms with E-state index in [4.69, 9.17) is 5.11 Å². The summed E-state index contributed by atoms with van der Waals surface area (Å²) in [7, 11) is 0. The van der Waals surface area contributed by atoms with E-state index < -0.39 is 6.09 Å². The van der Waals surface area contributed by atoms with E-state index in [9.17, 15) is 14.4 Å². The Morgan fingerprint density at radius 3 is 2.33 bits per heavy atom. The Hall–Kier alpha value is -1.85. The third-order valence-corrected chi connectivity index (χ3v) is 2.15. The summed E-state index contributed by atoms with van der Waals surface area (Å²) in [6.07, 6.45) is 1.31. The van der Waals surface area contributed by atoms with Crippen LogP contribution in [0.15, 0.2) is 12.2 Å². The van der Waals surface area contributed by atoms with E-state index in [-0.39, 0.29) is 24.9 Å². The number of amides is 3. The van der Waals surface area contributed by atoms with Crippen molar-refractivity contribution in [2.75, 3.05) is 19.6 Å². The third-order valence-electron chi connectivity index (χ3n) is 2.15. The smallest absolute Gasteiger partial charge is 0.407 e. The lowest BCUT2D eigenvalue weighted by molar-refractivity contribution is -0.136. The lowest BCUT2D eigenvalue weighted by Gasteiger charge is -2.20. The topological polar surface area (TPSA) is 77.9 Å². The molecule has 0 aromatic carbocycles. The highest BCUT2D eigenvalue weighted by atomic mass is 16.4. The summed E-state index contributed by atoms with van der Waals surface area (Å²) in [5.74, 6) is -0.775. The van der Waals surface area contributed by atoms with E-state index >= 15 is 0 Å². The minimum atomic E-state index is -1.05. The number of likely N-dealkylation sites (N-methyl/N-ethyl adjacent to an activating group) is 1. The minimum Gasteiger partial charge on any atom is -0.465 e. The Bertz CT molecular complexity index is 306. The highest BCUT2D eigenvalue weighted by Crippen LogP contribution is 2.03. The molecule has 0 aliphatic carbocycles. The zero-order valence-corrected chi connectivity index (χ0v) is 8.34. The molecular formula is C9H12N2O4. The maximum Gasteiger partial charge on any atom is 0.407 e. The van der Waals surface area contributed by atoms with Crippen LogP contribution >= 0.6 is 0 Å². The summed E-state index contributed by atoms with van der Waals surface area (Å²) in [6, 6.07) is 0. The Morgan fingerprint density at radius 1 is 1.40 bits per heavy atom. The minimum absolute atomic E-state index is 0.102. The molecule has 0 bridgehead atoms. The van der Waals surface area contributed by atoms with Crippen LogP contribution in [0.3, 0.4) is 0 Å². The number of nitrogens with zero attached hydrogens (tertiary/aromatic N) is 2. The third kappa shape index (κ3) is 2.55. The van der Waals surface area contributed by atoms with Crippen molar-refractivity contribution in [1.29, 1.82) is 0 Å². The monoisotopic (exact) mass is 212 g/mol. The molecule has 1 aliphatic rings. The standard InChI is InChI=1S/C9H12N2O4/c1-2-10(9(14)15)5-6-11-7(12)3-4-8(11)13/h3-4H,2,5-6H2,1H3,(H,14,15). The molecule has 15 heavy (non-hydrogen) atoms. The number of imide groups is 1. The van der Waals surface area contributed by atoms with Gasteiger partial charge in [0.1, 0.15) is 0 Å². The molecule has 1 aliphatic heterocycles. The molecule has 6 nitrogen and oxygen atoms in total. The molecule has 0 fully saturated rings. The summed E-state index contributed by atoms with van der Waals surface area (Å²) >= 11 is 0. The molecule has 0 saturated heterocycles. The van der Waals surface area contributed by atoms with E-state index in [0.717, 1.165) is 9.80 Å². The van der Waals surface area contributed by atoms with Crippen LogP contribution < -0.4 is 0 Å². The molecule has 0 aromatic heterocycles. The lowest BCUT2D eigenvalue weighted by Crippen LogP contribution is -2.40. The van der Waals surface area contributed by atoms with Gasteiger partial charge in [0.15, 0.2) is 0 Å². The molecule has 0 radical (unpaired) electrons. The molecule has 82 valence electrons. The van der Waals surface area contributed by atoms with Crippen molar-refractivity contribution in [2.24, 2.45) is 0 Å². The van der Waals surface area contributed by atoms with E-state index in [2.05, 4.69) is 0 Å². The number of hydrogen-bond acceptors (Lipinski definition) is 3. The van der Waals surface area contributed by atoms with Gasteiger partial charge in [0, 0.05) is 31.8 Å². The van der Waals surface area contributed by atoms with Gasteiger partial charge in [0.2, 0.25) is 0 Å². The SMILES string of the molecule is CCN(CCN1C(=O)C=CC1=O)C(=O)O. The van der Waals surface area contributed by atoms with Gasteiger partial charge in [-0.15, -0.1) is 0 Å². The zero-order valence-electron chi connectivity index (χ0n) is 8.34. The van der Waals surface area contributed by atoms with Crippen LogP contribution in [0.2, 0.25) is 0 Å². The number of carboxylic acid groups (broad SMARTS) is 1. The average Bonchev–Trinajstić information content (AvgIpc) is 2.49. The number of carbonyl (C=O) groups is 3. The molecule has 0 unspecified atom stereocenters. The van der Waals surface area contributed by atoms with Crippen LogP contribution in [0.1, 0.15) is 6.92 Å². The van der Waals surface area contributed by atoms with Crippen molar-refractivity contribution in [3.63, 3.8) is 0 Å². The number of hydrogen-bond donors (Lipinski definition) is 1.